The number of carbonyl (C=O) groups excluding carboxylic acids is 2. The zero-order valence-corrected chi connectivity index (χ0v) is 30.0. The fraction of sp³-hybridized carbons (Fsp3) is 0.273. The summed E-state index contributed by atoms with van der Waals surface area (Å²) in [4.78, 5) is 31.3. The summed E-state index contributed by atoms with van der Waals surface area (Å²) >= 11 is 0. The van der Waals surface area contributed by atoms with E-state index in [4.69, 9.17) is 0 Å². The second kappa shape index (κ2) is 15.0. The first-order valence-corrected chi connectivity index (χ1v) is 17.4. The summed E-state index contributed by atoms with van der Waals surface area (Å²) in [6.45, 7) is 13.8. The quantitative estimate of drug-likeness (QED) is 0.139. The summed E-state index contributed by atoms with van der Waals surface area (Å²) in [7, 11) is 0. The average Bonchev–Trinajstić information content (AvgIpc) is 3.13. The fourth-order valence-electron chi connectivity index (χ4n) is 6.42. The Bertz CT molecular complexity index is 1750. The van der Waals surface area contributed by atoms with E-state index >= 15 is 0 Å². The van der Waals surface area contributed by atoms with Gasteiger partial charge in [0.15, 0.2) is 0 Å². The third-order valence-electron chi connectivity index (χ3n) is 9.74. The zero-order chi connectivity index (χ0) is 36.1. The highest BCUT2D eigenvalue weighted by Crippen LogP contribution is 2.35. The maximum atomic E-state index is 13.8. The molecule has 0 fully saturated rings. The molecule has 6 heteroatoms. The van der Waals surface area contributed by atoms with Gasteiger partial charge in [-0.25, -0.2) is 0 Å². The molecule has 0 bridgehead atoms. The zero-order valence-electron chi connectivity index (χ0n) is 30.0. The number of phenolic OH excluding ortho intramolecular Hbond substituents is 2. The summed E-state index contributed by atoms with van der Waals surface area (Å²) in [6, 6.07) is 37.7. The highest BCUT2D eigenvalue weighted by molar-refractivity contribution is 6.09. The summed E-state index contributed by atoms with van der Waals surface area (Å²) in [5.74, 6) is 0.242. The SMILES string of the molecule is CCCN(C(=O)c1ccc(C(=O)N(CCC)c2ccc(C(C)(C)c3ccc(O)cc3)cc2)cc1)c1ccc(C(C)(C)c2ccc(O)cc2)cc1. The monoisotopic (exact) mass is 668 g/mol. The maximum absolute atomic E-state index is 13.8. The Morgan fingerprint density at radius 1 is 0.460 bits per heavy atom. The van der Waals surface area contributed by atoms with Crippen LogP contribution in [0.15, 0.2) is 121 Å². The third-order valence-corrected chi connectivity index (χ3v) is 9.74. The first kappa shape index (κ1) is 35.9. The van der Waals surface area contributed by atoms with Crippen LogP contribution in [0.25, 0.3) is 0 Å². The minimum atomic E-state index is -0.285. The van der Waals surface area contributed by atoms with E-state index in [0.29, 0.717) is 24.2 Å². The number of phenols is 2. The molecule has 5 rings (SSSR count). The molecule has 0 unspecified atom stereocenters. The summed E-state index contributed by atoms with van der Waals surface area (Å²) < 4.78 is 0. The van der Waals surface area contributed by atoms with E-state index in [1.54, 1.807) is 58.3 Å². The van der Waals surface area contributed by atoms with E-state index in [1.807, 2.05) is 62.4 Å². The van der Waals surface area contributed by atoms with Crippen molar-refractivity contribution in [3.05, 3.63) is 155 Å². The Morgan fingerprint density at radius 2 is 0.720 bits per heavy atom. The minimum absolute atomic E-state index is 0.117. The van der Waals surface area contributed by atoms with Gasteiger partial charge >= 0.3 is 0 Å². The number of anilines is 2. The topological polar surface area (TPSA) is 81.1 Å². The van der Waals surface area contributed by atoms with Gasteiger partial charge in [0.25, 0.3) is 11.8 Å². The summed E-state index contributed by atoms with van der Waals surface area (Å²) in [6.07, 6.45) is 1.58. The molecule has 0 radical (unpaired) electrons. The Balaban J connectivity index is 1.32. The van der Waals surface area contributed by atoms with Crippen LogP contribution in [-0.4, -0.2) is 35.1 Å². The van der Waals surface area contributed by atoms with Crippen LogP contribution in [0.4, 0.5) is 11.4 Å². The molecule has 0 atom stereocenters. The van der Waals surface area contributed by atoms with Gasteiger partial charge in [-0.05, 0) is 108 Å². The lowest BCUT2D eigenvalue weighted by molar-refractivity contribution is 0.0975. The Kier molecular flexibility index (Phi) is 10.8. The van der Waals surface area contributed by atoms with Gasteiger partial charge in [-0.15, -0.1) is 0 Å². The molecule has 6 nitrogen and oxygen atoms in total. The highest BCUT2D eigenvalue weighted by Gasteiger charge is 2.26. The molecule has 0 aromatic heterocycles. The van der Waals surface area contributed by atoms with Crippen LogP contribution in [0.3, 0.4) is 0 Å². The molecule has 2 amide bonds. The van der Waals surface area contributed by atoms with Crippen molar-refractivity contribution in [3.63, 3.8) is 0 Å². The molecule has 50 heavy (non-hydrogen) atoms. The van der Waals surface area contributed by atoms with E-state index in [2.05, 4.69) is 52.0 Å². The van der Waals surface area contributed by atoms with E-state index in [0.717, 1.165) is 46.5 Å². The van der Waals surface area contributed by atoms with Crippen molar-refractivity contribution in [2.45, 2.75) is 65.2 Å². The van der Waals surface area contributed by atoms with Gasteiger partial charge < -0.3 is 20.0 Å². The highest BCUT2D eigenvalue weighted by atomic mass is 16.3. The summed E-state index contributed by atoms with van der Waals surface area (Å²) in [5, 5.41) is 19.5. The van der Waals surface area contributed by atoms with E-state index < -0.39 is 0 Å². The first-order chi connectivity index (χ1) is 23.9. The summed E-state index contributed by atoms with van der Waals surface area (Å²) in [5.41, 5.74) is 6.47. The molecular weight excluding hydrogens is 620 g/mol. The molecule has 0 heterocycles. The minimum Gasteiger partial charge on any atom is -0.508 e. The van der Waals surface area contributed by atoms with Gasteiger partial charge in [-0.3, -0.25) is 9.59 Å². The van der Waals surface area contributed by atoms with Crippen molar-refractivity contribution in [2.75, 3.05) is 22.9 Å². The molecular formula is C44H48N2O4. The van der Waals surface area contributed by atoms with Crippen molar-refractivity contribution >= 4 is 23.2 Å². The van der Waals surface area contributed by atoms with Crippen molar-refractivity contribution < 1.29 is 19.8 Å². The Morgan fingerprint density at radius 3 is 0.980 bits per heavy atom. The van der Waals surface area contributed by atoms with Crippen LogP contribution in [0, 0.1) is 0 Å². The molecule has 0 saturated heterocycles. The molecule has 0 aliphatic carbocycles. The standard InChI is InChI=1S/C44H48N2O4/c1-7-29-45(37-21-13-33(14-22-37)43(3,4)35-17-25-39(47)26-18-35)41(49)31-9-11-32(12-10-31)42(50)46(30-8-2)38-23-15-34(16-24-38)44(5,6)36-19-27-40(48)28-20-36/h9-28,47-48H,7-8,29-30H2,1-6H3. The number of rotatable bonds is 12. The molecule has 0 saturated carbocycles. The van der Waals surface area contributed by atoms with Gasteiger partial charge in [-0.1, -0.05) is 90.1 Å². The molecule has 2 N–H and O–H groups in total. The molecule has 258 valence electrons. The maximum Gasteiger partial charge on any atom is 0.258 e. The Labute approximate surface area is 296 Å². The molecule has 5 aromatic rings. The van der Waals surface area contributed by atoms with Crippen LogP contribution < -0.4 is 9.80 Å². The van der Waals surface area contributed by atoms with Gasteiger partial charge in [0.1, 0.15) is 11.5 Å². The largest absolute Gasteiger partial charge is 0.508 e. The van der Waals surface area contributed by atoms with Crippen LogP contribution in [0.2, 0.25) is 0 Å². The van der Waals surface area contributed by atoms with Crippen LogP contribution in [0.1, 0.15) is 97.4 Å². The number of aromatic hydroxyl groups is 2. The lowest BCUT2D eigenvalue weighted by atomic mass is 9.78. The smallest absolute Gasteiger partial charge is 0.258 e. The predicted octanol–water partition coefficient (Wildman–Crippen LogP) is 9.86. The predicted molar refractivity (Wildman–Crippen MR) is 204 cm³/mol. The van der Waals surface area contributed by atoms with Crippen molar-refractivity contribution in [2.24, 2.45) is 0 Å². The number of hydrogen-bond acceptors (Lipinski definition) is 4. The molecule has 0 spiro atoms. The fourth-order valence-corrected chi connectivity index (χ4v) is 6.42. The molecule has 5 aromatic carbocycles. The number of benzene rings is 5. The average molecular weight is 669 g/mol. The van der Waals surface area contributed by atoms with Crippen molar-refractivity contribution in [1.82, 2.24) is 0 Å². The second-order valence-electron chi connectivity index (χ2n) is 13.9. The number of carbonyl (C=O) groups is 2. The Hall–Kier alpha value is -5.36. The molecule has 0 aliphatic heterocycles. The van der Waals surface area contributed by atoms with Gasteiger partial charge in [-0.2, -0.15) is 0 Å². The van der Waals surface area contributed by atoms with Crippen molar-refractivity contribution in [1.29, 1.82) is 0 Å². The van der Waals surface area contributed by atoms with E-state index in [1.165, 1.54) is 0 Å². The first-order valence-electron chi connectivity index (χ1n) is 17.4. The van der Waals surface area contributed by atoms with E-state index in [-0.39, 0.29) is 34.1 Å². The molecule has 0 aliphatic rings. The normalized spacial score (nSPS) is 11.6. The van der Waals surface area contributed by atoms with Crippen LogP contribution in [0.5, 0.6) is 11.5 Å². The van der Waals surface area contributed by atoms with Crippen LogP contribution in [-0.2, 0) is 10.8 Å². The number of hydrogen-bond donors (Lipinski definition) is 2. The second-order valence-corrected chi connectivity index (χ2v) is 13.9. The lowest BCUT2D eigenvalue weighted by Gasteiger charge is -2.28. The lowest BCUT2D eigenvalue weighted by Crippen LogP contribution is -2.33. The van der Waals surface area contributed by atoms with Crippen LogP contribution >= 0.6 is 0 Å². The third kappa shape index (κ3) is 7.60. The number of amides is 2. The van der Waals surface area contributed by atoms with E-state index in [9.17, 15) is 19.8 Å². The van der Waals surface area contributed by atoms with Gasteiger partial charge in [0, 0.05) is 46.4 Å². The van der Waals surface area contributed by atoms with Gasteiger partial charge in [0.05, 0.1) is 0 Å². The van der Waals surface area contributed by atoms with Crippen molar-refractivity contribution in [3.8, 4) is 11.5 Å². The number of nitrogens with zero attached hydrogens (tertiary/aromatic N) is 2. The van der Waals surface area contributed by atoms with Gasteiger partial charge in [0.2, 0.25) is 0 Å².